The van der Waals surface area contributed by atoms with Gasteiger partial charge in [0.25, 0.3) is 0 Å². The summed E-state index contributed by atoms with van der Waals surface area (Å²) in [6, 6.07) is 7.14. The van der Waals surface area contributed by atoms with Crippen LogP contribution in [0.5, 0.6) is 0 Å². The molecule has 0 bridgehead atoms. The Morgan fingerprint density at radius 1 is 1.35 bits per heavy atom. The van der Waals surface area contributed by atoms with Crippen molar-refractivity contribution >= 4 is 10.0 Å². The quantitative estimate of drug-likeness (QED) is 0.838. The van der Waals surface area contributed by atoms with E-state index < -0.39 is 10.0 Å². The highest BCUT2D eigenvalue weighted by Gasteiger charge is 2.20. The lowest BCUT2D eigenvalue weighted by molar-refractivity contribution is 0.332. The van der Waals surface area contributed by atoms with E-state index in [1.165, 1.54) is 6.07 Å². The molecule has 0 spiro atoms. The van der Waals surface area contributed by atoms with E-state index in [-0.39, 0.29) is 10.9 Å². The minimum absolute atomic E-state index is 0.190. The van der Waals surface area contributed by atoms with Crippen molar-refractivity contribution in [1.82, 2.24) is 5.32 Å². The largest absolute Gasteiger partial charge is 0.310 e. The van der Waals surface area contributed by atoms with Crippen molar-refractivity contribution in [3.63, 3.8) is 0 Å². The van der Waals surface area contributed by atoms with Gasteiger partial charge in [-0.3, -0.25) is 0 Å². The second kappa shape index (κ2) is 4.76. The van der Waals surface area contributed by atoms with E-state index in [0.717, 1.165) is 24.9 Å². The second-order valence-corrected chi connectivity index (χ2v) is 6.32. The van der Waals surface area contributed by atoms with Gasteiger partial charge >= 0.3 is 0 Å². The normalized spacial score (nSPS) is 25.8. The van der Waals surface area contributed by atoms with E-state index in [2.05, 4.69) is 12.2 Å². The fourth-order valence-electron chi connectivity index (χ4n) is 2.19. The molecule has 0 saturated carbocycles. The molecule has 0 radical (unpaired) electrons. The SMILES string of the molecule is C[C@@H]1CC[C@@H](c2cccc(S(N)(=O)=O)c2)NC1. The third kappa shape index (κ3) is 3.06. The maximum absolute atomic E-state index is 11.3. The summed E-state index contributed by atoms with van der Waals surface area (Å²) in [5.74, 6) is 0.688. The van der Waals surface area contributed by atoms with Crippen LogP contribution in [0, 0.1) is 5.92 Å². The fraction of sp³-hybridized carbons (Fsp3) is 0.500. The number of hydrogen-bond acceptors (Lipinski definition) is 3. The van der Waals surface area contributed by atoms with Gasteiger partial charge in [0.15, 0.2) is 0 Å². The average Bonchev–Trinajstić information content (AvgIpc) is 2.29. The summed E-state index contributed by atoms with van der Waals surface area (Å²) in [4.78, 5) is 0.190. The summed E-state index contributed by atoms with van der Waals surface area (Å²) in [7, 11) is -3.60. The van der Waals surface area contributed by atoms with Gasteiger partial charge in [0.1, 0.15) is 0 Å². The zero-order valence-electron chi connectivity index (χ0n) is 9.89. The molecule has 3 N–H and O–H groups in total. The van der Waals surface area contributed by atoms with E-state index >= 15 is 0 Å². The van der Waals surface area contributed by atoms with Gasteiger partial charge in [0.2, 0.25) is 10.0 Å². The molecule has 1 saturated heterocycles. The Morgan fingerprint density at radius 2 is 2.12 bits per heavy atom. The van der Waals surface area contributed by atoms with Crippen molar-refractivity contribution in [1.29, 1.82) is 0 Å². The Labute approximate surface area is 102 Å². The molecule has 4 nitrogen and oxygen atoms in total. The van der Waals surface area contributed by atoms with E-state index in [1.54, 1.807) is 12.1 Å². The first-order valence-corrected chi connectivity index (χ1v) is 7.37. The zero-order valence-corrected chi connectivity index (χ0v) is 10.7. The van der Waals surface area contributed by atoms with Crippen LogP contribution in [-0.2, 0) is 10.0 Å². The molecule has 1 fully saturated rings. The molecule has 2 atom stereocenters. The Hall–Kier alpha value is -0.910. The minimum Gasteiger partial charge on any atom is -0.310 e. The number of rotatable bonds is 2. The van der Waals surface area contributed by atoms with Crippen molar-refractivity contribution in [3.05, 3.63) is 29.8 Å². The number of primary sulfonamides is 1. The van der Waals surface area contributed by atoms with Gasteiger partial charge in [-0.15, -0.1) is 0 Å². The van der Waals surface area contributed by atoms with Crippen molar-refractivity contribution < 1.29 is 8.42 Å². The summed E-state index contributed by atoms with van der Waals surface area (Å²) in [6.45, 7) is 3.19. The predicted octanol–water partition coefficient (Wildman–Crippen LogP) is 1.39. The molecule has 0 amide bonds. The lowest BCUT2D eigenvalue weighted by Gasteiger charge is -2.28. The van der Waals surface area contributed by atoms with Gasteiger partial charge in [0, 0.05) is 6.04 Å². The van der Waals surface area contributed by atoms with E-state index in [1.807, 2.05) is 6.07 Å². The maximum atomic E-state index is 11.3. The third-order valence-electron chi connectivity index (χ3n) is 3.25. The number of benzene rings is 1. The number of piperidine rings is 1. The third-order valence-corrected chi connectivity index (χ3v) is 4.16. The molecule has 1 aromatic carbocycles. The van der Waals surface area contributed by atoms with Gasteiger partial charge < -0.3 is 5.32 Å². The Kier molecular flexibility index (Phi) is 3.51. The first kappa shape index (κ1) is 12.5. The highest BCUT2D eigenvalue weighted by Crippen LogP contribution is 2.26. The molecule has 1 aliphatic heterocycles. The molecule has 2 rings (SSSR count). The van der Waals surface area contributed by atoms with Crippen LogP contribution < -0.4 is 10.5 Å². The summed E-state index contributed by atoms with van der Waals surface area (Å²) >= 11 is 0. The maximum Gasteiger partial charge on any atom is 0.238 e. The van der Waals surface area contributed by atoms with E-state index in [0.29, 0.717) is 5.92 Å². The summed E-state index contributed by atoms with van der Waals surface area (Å²) in [6.07, 6.45) is 2.20. The number of sulfonamides is 1. The Balaban J connectivity index is 2.22. The van der Waals surface area contributed by atoms with Crippen LogP contribution in [0.3, 0.4) is 0 Å². The zero-order chi connectivity index (χ0) is 12.5. The number of hydrogen-bond donors (Lipinski definition) is 2. The molecular weight excluding hydrogens is 236 g/mol. The lowest BCUT2D eigenvalue weighted by atomic mass is 9.92. The molecule has 94 valence electrons. The van der Waals surface area contributed by atoms with Gasteiger partial charge in [-0.25, -0.2) is 13.6 Å². The minimum atomic E-state index is -3.60. The van der Waals surface area contributed by atoms with Crippen LogP contribution in [-0.4, -0.2) is 15.0 Å². The van der Waals surface area contributed by atoms with Crippen molar-refractivity contribution in [2.45, 2.75) is 30.7 Å². The van der Waals surface area contributed by atoms with Gasteiger partial charge in [-0.1, -0.05) is 19.1 Å². The molecule has 0 aromatic heterocycles. The molecule has 1 heterocycles. The van der Waals surface area contributed by atoms with Crippen LogP contribution in [0.1, 0.15) is 31.4 Å². The number of nitrogens with two attached hydrogens (primary N) is 1. The first-order chi connectivity index (χ1) is 7.97. The summed E-state index contributed by atoms with van der Waals surface area (Å²) in [5, 5.41) is 8.56. The van der Waals surface area contributed by atoms with E-state index in [4.69, 9.17) is 5.14 Å². The molecule has 17 heavy (non-hydrogen) atoms. The highest BCUT2D eigenvalue weighted by atomic mass is 32.2. The van der Waals surface area contributed by atoms with Gasteiger partial charge in [0.05, 0.1) is 4.90 Å². The topological polar surface area (TPSA) is 72.2 Å². The molecule has 0 unspecified atom stereocenters. The van der Waals surface area contributed by atoms with Crippen LogP contribution in [0.25, 0.3) is 0 Å². The second-order valence-electron chi connectivity index (χ2n) is 4.76. The van der Waals surface area contributed by atoms with Crippen molar-refractivity contribution in [2.75, 3.05) is 6.54 Å². The monoisotopic (exact) mass is 254 g/mol. The Bertz CT molecular complexity index is 491. The van der Waals surface area contributed by atoms with Gasteiger partial charge in [-0.05, 0) is 43.0 Å². The van der Waals surface area contributed by atoms with Crippen LogP contribution in [0.15, 0.2) is 29.2 Å². The summed E-state index contributed by atoms with van der Waals surface area (Å²) in [5.41, 5.74) is 1.00. The predicted molar refractivity (Wildman–Crippen MR) is 67.0 cm³/mol. The molecule has 5 heteroatoms. The van der Waals surface area contributed by atoms with Crippen molar-refractivity contribution in [3.8, 4) is 0 Å². The number of nitrogens with one attached hydrogen (secondary N) is 1. The average molecular weight is 254 g/mol. The first-order valence-electron chi connectivity index (χ1n) is 5.83. The molecule has 1 aliphatic rings. The van der Waals surface area contributed by atoms with Crippen LogP contribution in [0.2, 0.25) is 0 Å². The van der Waals surface area contributed by atoms with E-state index in [9.17, 15) is 8.42 Å². The van der Waals surface area contributed by atoms with Crippen molar-refractivity contribution in [2.24, 2.45) is 11.1 Å². The van der Waals surface area contributed by atoms with Gasteiger partial charge in [-0.2, -0.15) is 0 Å². The lowest BCUT2D eigenvalue weighted by Crippen LogP contribution is -2.32. The standard InChI is InChI=1S/C12H18N2O2S/c1-9-5-6-12(14-8-9)10-3-2-4-11(7-10)17(13,15)16/h2-4,7,9,12,14H,5-6,8H2,1H3,(H2,13,15,16)/t9-,12+/m1/s1. The summed E-state index contributed by atoms with van der Waals surface area (Å²) < 4.78 is 22.6. The smallest absolute Gasteiger partial charge is 0.238 e. The van der Waals surface area contributed by atoms with Crippen LogP contribution >= 0.6 is 0 Å². The Morgan fingerprint density at radius 3 is 2.71 bits per heavy atom. The highest BCUT2D eigenvalue weighted by molar-refractivity contribution is 7.89. The fourth-order valence-corrected chi connectivity index (χ4v) is 2.76. The van der Waals surface area contributed by atoms with Crippen LogP contribution in [0.4, 0.5) is 0 Å². The molecule has 0 aliphatic carbocycles. The molecular formula is C12H18N2O2S. The molecule has 1 aromatic rings.